The lowest BCUT2D eigenvalue weighted by Crippen LogP contribution is -2.15. The Morgan fingerprint density at radius 3 is 2.76 bits per heavy atom. The van der Waals surface area contributed by atoms with Crippen LogP contribution in [0.5, 0.6) is 0 Å². The molecule has 0 aliphatic rings. The van der Waals surface area contributed by atoms with Gasteiger partial charge in [0.2, 0.25) is 6.10 Å². The van der Waals surface area contributed by atoms with Crippen molar-refractivity contribution >= 4 is 12.2 Å². The zero-order valence-corrected chi connectivity index (χ0v) is 9.50. The minimum absolute atomic E-state index is 0.222. The van der Waals surface area contributed by atoms with Gasteiger partial charge in [-0.15, -0.1) is 0 Å². The summed E-state index contributed by atoms with van der Waals surface area (Å²) in [6.07, 6.45) is 1.45. The van der Waals surface area contributed by atoms with Crippen molar-refractivity contribution < 1.29 is 14.3 Å². The molecule has 1 atom stereocenters. The predicted molar refractivity (Wildman–Crippen MR) is 63.0 cm³/mol. The molecule has 0 aromatic heterocycles. The van der Waals surface area contributed by atoms with Crippen molar-refractivity contribution in [2.75, 3.05) is 6.61 Å². The van der Waals surface area contributed by atoms with Gasteiger partial charge in [0.1, 0.15) is 6.07 Å². The highest BCUT2D eigenvalue weighted by molar-refractivity contribution is 5.61. The van der Waals surface area contributed by atoms with Crippen LogP contribution in [-0.4, -0.2) is 18.9 Å². The molecule has 1 rings (SSSR count). The van der Waals surface area contributed by atoms with E-state index in [0.29, 0.717) is 0 Å². The molecule has 88 valence electrons. The third-order valence-corrected chi connectivity index (χ3v) is 1.88. The second-order valence-corrected chi connectivity index (χ2v) is 3.12. The number of hydrogen-bond acceptors (Lipinski definition) is 4. The van der Waals surface area contributed by atoms with Gasteiger partial charge in [0.05, 0.1) is 6.61 Å². The Bertz CT molecular complexity index is 420. The number of rotatable bonds is 4. The maximum absolute atomic E-state index is 11.0. The Labute approximate surface area is 100 Å². The number of carbonyl (C=O) groups is 1. The summed E-state index contributed by atoms with van der Waals surface area (Å²) in [4.78, 5) is 11.0. The number of hydrogen-bond donors (Lipinski definition) is 0. The van der Waals surface area contributed by atoms with Gasteiger partial charge in [-0.1, -0.05) is 36.4 Å². The van der Waals surface area contributed by atoms with Crippen LogP contribution in [0, 0.1) is 11.3 Å². The molecular weight excluding hydrogens is 218 g/mol. The number of benzene rings is 1. The van der Waals surface area contributed by atoms with Gasteiger partial charge in [-0.05, 0) is 18.6 Å². The first-order valence-corrected chi connectivity index (χ1v) is 5.22. The summed E-state index contributed by atoms with van der Waals surface area (Å²) in [7, 11) is 0. The number of nitrogens with zero attached hydrogens (tertiary/aromatic N) is 1. The monoisotopic (exact) mass is 231 g/mol. The molecule has 0 bridgehead atoms. The first kappa shape index (κ1) is 12.8. The van der Waals surface area contributed by atoms with E-state index in [1.807, 2.05) is 36.4 Å². The van der Waals surface area contributed by atoms with Crippen LogP contribution in [-0.2, 0) is 9.47 Å². The van der Waals surface area contributed by atoms with Crippen LogP contribution < -0.4 is 0 Å². The highest BCUT2D eigenvalue weighted by Crippen LogP contribution is 2.04. The fourth-order valence-corrected chi connectivity index (χ4v) is 1.13. The summed E-state index contributed by atoms with van der Waals surface area (Å²) >= 11 is 0. The molecule has 1 aromatic rings. The highest BCUT2D eigenvalue weighted by atomic mass is 16.7. The zero-order chi connectivity index (χ0) is 12.5. The molecule has 4 heteroatoms. The number of carbonyl (C=O) groups excluding carboxylic acids is 1. The largest absolute Gasteiger partial charge is 0.509 e. The van der Waals surface area contributed by atoms with E-state index in [1.165, 1.54) is 6.08 Å². The molecule has 0 heterocycles. The van der Waals surface area contributed by atoms with E-state index in [-0.39, 0.29) is 6.61 Å². The molecule has 0 amide bonds. The van der Waals surface area contributed by atoms with Crippen LogP contribution in [0.1, 0.15) is 12.5 Å². The molecule has 1 aromatic carbocycles. The molecule has 0 aliphatic heterocycles. The summed E-state index contributed by atoms with van der Waals surface area (Å²) in [5.41, 5.74) is 0.931. The lowest BCUT2D eigenvalue weighted by molar-refractivity contribution is 0.0537. The van der Waals surface area contributed by atoms with Crippen LogP contribution in [0.15, 0.2) is 36.4 Å². The van der Waals surface area contributed by atoms with Gasteiger partial charge >= 0.3 is 6.16 Å². The van der Waals surface area contributed by atoms with Crippen molar-refractivity contribution in [2.24, 2.45) is 0 Å². The van der Waals surface area contributed by atoms with E-state index in [4.69, 9.17) is 10.00 Å². The standard InChI is InChI=1S/C13H13NO3/c1-2-16-13(15)17-12(10-14)9-8-11-6-4-3-5-7-11/h3-9,12H,2H2,1H3/b9-8+/t12-/m1/s1. The van der Waals surface area contributed by atoms with Gasteiger partial charge in [-0.2, -0.15) is 5.26 Å². The molecule has 17 heavy (non-hydrogen) atoms. The van der Waals surface area contributed by atoms with E-state index in [9.17, 15) is 4.79 Å². The SMILES string of the molecule is CCOC(=O)O[C@@H](C#N)/C=C/c1ccccc1. The van der Waals surface area contributed by atoms with Gasteiger partial charge in [-0.25, -0.2) is 4.79 Å². The average Bonchev–Trinajstić information content (AvgIpc) is 2.36. The first-order valence-electron chi connectivity index (χ1n) is 5.22. The fraction of sp³-hybridized carbons (Fsp3) is 0.231. The fourth-order valence-electron chi connectivity index (χ4n) is 1.13. The number of ether oxygens (including phenoxy) is 2. The maximum Gasteiger partial charge on any atom is 0.509 e. The number of nitriles is 1. The summed E-state index contributed by atoms with van der Waals surface area (Å²) in [5, 5.41) is 8.79. The van der Waals surface area contributed by atoms with Gasteiger partial charge in [0, 0.05) is 0 Å². The molecule has 0 saturated heterocycles. The van der Waals surface area contributed by atoms with Gasteiger partial charge in [0.25, 0.3) is 0 Å². The summed E-state index contributed by atoms with van der Waals surface area (Å²) in [5.74, 6) is 0. The molecular formula is C13H13NO3. The first-order chi connectivity index (χ1) is 8.26. The zero-order valence-electron chi connectivity index (χ0n) is 9.50. The third kappa shape index (κ3) is 4.85. The van der Waals surface area contributed by atoms with Crippen LogP contribution in [0.2, 0.25) is 0 Å². The van der Waals surface area contributed by atoms with E-state index in [2.05, 4.69) is 4.74 Å². The highest BCUT2D eigenvalue weighted by Gasteiger charge is 2.10. The van der Waals surface area contributed by atoms with Crippen molar-refractivity contribution in [3.63, 3.8) is 0 Å². The lowest BCUT2D eigenvalue weighted by atomic mass is 10.2. The summed E-state index contributed by atoms with van der Waals surface area (Å²) in [6, 6.07) is 11.3. The van der Waals surface area contributed by atoms with Crippen molar-refractivity contribution in [3.8, 4) is 6.07 Å². The van der Waals surface area contributed by atoms with Gasteiger partial charge in [-0.3, -0.25) is 0 Å². The summed E-state index contributed by atoms with van der Waals surface area (Å²) in [6.45, 7) is 1.89. The van der Waals surface area contributed by atoms with E-state index in [0.717, 1.165) is 5.56 Å². The maximum atomic E-state index is 11.0. The second kappa shape index (κ2) is 7.07. The summed E-state index contributed by atoms with van der Waals surface area (Å²) < 4.78 is 9.33. The van der Waals surface area contributed by atoms with Crippen molar-refractivity contribution in [3.05, 3.63) is 42.0 Å². The van der Waals surface area contributed by atoms with Gasteiger partial charge in [0.15, 0.2) is 0 Å². The Balaban J connectivity index is 2.56. The van der Waals surface area contributed by atoms with Crippen molar-refractivity contribution in [1.29, 1.82) is 5.26 Å². The second-order valence-electron chi connectivity index (χ2n) is 3.12. The Hall–Kier alpha value is -2.28. The molecule has 0 radical (unpaired) electrons. The molecule has 0 aliphatic carbocycles. The molecule has 0 saturated carbocycles. The van der Waals surface area contributed by atoms with E-state index < -0.39 is 12.3 Å². The minimum Gasteiger partial charge on any atom is -0.435 e. The van der Waals surface area contributed by atoms with Gasteiger partial charge < -0.3 is 9.47 Å². The van der Waals surface area contributed by atoms with Crippen LogP contribution in [0.3, 0.4) is 0 Å². The molecule has 0 unspecified atom stereocenters. The van der Waals surface area contributed by atoms with Crippen LogP contribution >= 0.6 is 0 Å². The normalized spacial score (nSPS) is 11.8. The predicted octanol–water partition coefficient (Wildman–Crippen LogP) is 2.77. The lowest BCUT2D eigenvalue weighted by Gasteiger charge is -2.06. The minimum atomic E-state index is -0.936. The molecule has 4 nitrogen and oxygen atoms in total. The topological polar surface area (TPSA) is 59.3 Å². The third-order valence-electron chi connectivity index (χ3n) is 1.88. The van der Waals surface area contributed by atoms with Crippen molar-refractivity contribution in [1.82, 2.24) is 0 Å². The van der Waals surface area contributed by atoms with E-state index in [1.54, 1.807) is 13.0 Å². The van der Waals surface area contributed by atoms with E-state index >= 15 is 0 Å². The van der Waals surface area contributed by atoms with Crippen LogP contribution in [0.4, 0.5) is 4.79 Å². The van der Waals surface area contributed by atoms with Crippen molar-refractivity contribution in [2.45, 2.75) is 13.0 Å². The molecule has 0 spiro atoms. The molecule has 0 N–H and O–H groups in total. The molecule has 0 fully saturated rings. The average molecular weight is 231 g/mol. The Morgan fingerprint density at radius 2 is 2.18 bits per heavy atom. The Morgan fingerprint density at radius 1 is 1.47 bits per heavy atom. The van der Waals surface area contributed by atoms with Crippen LogP contribution in [0.25, 0.3) is 6.08 Å². The smallest absolute Gasteiger partial charge is 0.435 e. The Kier molecular flexibility index (Phi) is 5.32. The quantitative estimate of drug-likeness (QED) is 0.747.